The molecular weight excluding hydrogens is 123 g/mol. The molecule has 0 aliphatic heterocycles. The maximum Gasteiger partial charge on any atom is 1.00 e. The standard InChI is InChI=1S/C7H15O2.Li/c1-7(2,5-8-3)6-9-4;/h1,5-6H2,2-4H3;/q-1;+1. The van der Waals surface area contributed by atoms with E-state index in [0.717, 1.165) is 0 Å². The van der Waals surface area contributed by atoms with Gasteiger partial charge < -0.3 is 16.4 Å². The van der Waals surface area contributed by atoms with Gasteiger partial charge in [-0.2, -0.15) is 0 Å². The molecule has 0 amide bonds. The molecule has 0 radical (unpaired) electrons. The van der Waals surface area contributed by atoms with E-state index in [9.17, 15) is 0 Å². The summed E-state index contributed by atoms with van der Waals surface area (Å²) in [6.07, 6.45) is 0. The first-order valence-electron chi connectivity index (χ1n) is 2.95. The van der Waals surface area contributed by atoms with Crippen molar-refractivity contribution >= 4 is 0 Å². The first kappa shape index (κ1) is 13.1. The van der Waals surface area contributed by atoms with Crippen molar-refractivity contribution in [2.45, 2.75) is 6.92 Å². The molecule has 0 heterocycles. The molecule has 0 saturated carbocycles. The van der Waals surface area contributed by atoms with Crippen LogP contribution in [0.5, 0.6) is 0 Å². The minimum absolute atomic E-state index is 0. The molecule has 2 nitrogen and oxygen atoms in total. The van der Waals surface area contributed by atoms with Crippen LogP contribution in [0.3, 0.4) is 0 Å². The van der Waals surface area contributed by atoms with Crippen LogP contribution in [0.2, 0.25) is 0 Å². The van der Waals surface area contributed by atoms with Gasteiger partial charge in [-0.1, -0.05) is 6.92 Å². The Bertz CT molecular complexity index is 66.0. The molecule has 0 aliphatic rings. The first-order chi connectivity index (χ1) is 4.12. The molecular formula is C7H15LiO2. The van der Waals surface area contributed by atoms with E-state index in [-0.39, 0.29) is 24.3 Å². The van der Waals surface area contributed by atoms with Crippen molar-refractivity contribution in [3.8, 4) is 0 Å². The second kappa shape index (κ2) is 6.24. The summed E-state index contributed by atoms with van der Waals surface area (Å²) in [6.45, 7) is 7.18. The summed E-state index contributed by atoms with van der Waals surface area (Å²) >= 11 is 0. The van der Waals surface area contributed by atoms with Crippen LogP contribution < -0.4 is 18.9 Å². The second-order valence-electron chi connectivity index (χ2n) is 2.68. The van der Waals surface area contributed by atoms with Crippen LogP contribution in [0.25, 0.3) is 0 Å². The maximum atomic E-state index is 4.92. The van der Waals surface area contributed by atoms with E-state index in [4.69, 9.17) is 9.47 Å². The number of rotatable bonds is 4. The minimum atomic E-state index is -0.0938. The van der Waals surface area contributed by atoms with Gasteiger partial charge in [0.25, 0.3) is 0 Å². The zero-order valence-electron chi connectivity index (χ0n) is 7.44. The molecule has 0 saturated heterocycles. The minimum Gasteiger partial charge on any atom is -0.387 e. The molecule has 0 aliphatic carbocycles. The Morgan fingerprint density at radius 3 is 1.70 bits per heavy atom. The number of ether oxygens (including phenoxy) is 2. The van der Waals surface area contributed by atoms with Gasteiger partial charge in [-0.15, -0.1) is 5.41 Å². The van der Waals surface area contributed by atoms with Gasteiger partial charge in [-0.3, -0.25) is 0 Å². The third kappa shape index (κ3) is 6.63. The van der Waals surface area contributed by atoms with E-state index in [2.05, 4.69) is 6.92 Å². The van der Waals surface area contributed by atoms with Crippen molar-refractivity contribution in [3.05, 3.63) is 6.92 Å². The molecule has 0 unspecified atom stereocenters. The quantitative estimate of drug-likeness (QED) is 0.334. The third-order valence-corrected chi connectivity index (χ3v) is 0.986. The van der Waals surface area contributed by atoms with Gasteiger partial charge in [0, 0.05) is 27.4 Å². The molecule has 0 rings (SSSR count). The molecule has 10 heavy (non-hydrogen) atoms. The van der Waals surface area contributed by atoms with Crippen molar-refractivity contribution < 1.29 is 28.3 Å². The van der Waals surface area contributed by atoms with Crippen molar-refractivity contribution in [1.82, 2.24) is 0 Å². The largest absolute Gasteiger partial charge is 1.00 e. The van der Waals surface area contributed by atoms with E-state index in [1.165, 1.54) is 0 Å². The predicted octanol–water partition coefficient (Wildman–Crippen LogP) is -1.88. The summed E-state index contributed by atoms with van der Waals surface area (Å²) in [7, 11) is 3.33. The second-order valence-corrected chi connectivity index (χ2v) is 2.68. The van der Waals surface area contributed by atoms with Gasteiger partial charge in [0.15, 0.2) is 0 Å². The number of methoxy groups -OCH3 is 2. The summed E-state index contributed by atoms with van der Waals surface area (Å²) in [6, 6.07) is 0. The van der Waals surface area contributed by atoms with Gasteiger partial charge in [-0.25, -0.2) is 0 Å². The van der Waals surface area contributed by atoms with E-state index in [0.29, 0.717) is 13.2 Å². The smallest absolute Gasteiger partial charge is 0.387 e. The van der Waals surface area contributed by atoms with Gasteiger partial charge in [0.2, 0.25) is 0 Å². The third-order valence-electron chi connectivity index (χ3n) is 0.986. The summed E-state index contributed by atoms with van der Waals surface area (Å²) in [4.78, 5) is 0. The Balaban J connectivity index is 0. The van der Waals surface area contributed by atoms with Crippen LogP contribution in [0, 0.1) is 12.3 Å². The normalized spacial score (nSPS) is 10.8. The van der Waals surface area contributed by atoms with Crippen LogP contribution in [0.1, 0.15) is 6.92 Å². The Labute approximate surface area is 75.5 Å². The van der Waals surface area contributed by atoms with Crippen LogP contribution in [0.15, 0.2) is 0 Å². The number of hydrogen-bond donors (Lipinski definition) is 0. The average Bonchev–Trinajstić information content (AvgIpc) is 1.64. The van der Waals surface area contributed by atoms with Gasteiger partial charge in [0.1, 0.15) is 0 Å². The molecule has 0 aromatic carbocycles. The van der Waals surface area contributed by atoms with Crippen molar-refractivity contribution in [1.29, 1.82) is 0 Å². The SMILES string of the molecule is [CH2-]C(C)(COC)COC.[Li+]. The van der Waals surface area contributed by atoms with Gasteiger partial charge >= 0.3 is 18.9 Å². The molecule has 0 N–H and O–H groups in total. The molecule has 0 spiro atoms. The molecule has 0 aromatic rings. The maximum absolute atomic E-state index is 4.92. The van der Waals surface area contributed by atoms with Crippen molar-refractivity contribution in [2.24, 2.45) is 5.41 Å². The molecule has 3 heteroatoms. The van der Waals surface area contributed by atoms with Crippen LogP contribution in [0.4, 0.5) is 0 Å². The molecule has 0 bridgehead atoms. The van der Waals surface area contributed by atoms with Crippen molar-refractivity contribution in [3.63, 3.8) is 0 Å². The zero-order valence-corrected chi connectivity index (χ0v) is 7.44. The molecule has 0 atom stereocenters. The fourth-order valence-electron chi connectivity index (χ4n) is 0.739. The fraction of sp³-hybridized carbons (Fsp3) is 0.857. The van der Waals surface area contributed by atoms with Crippen LogP contribution >= 0.6 is 0 Å². The average molecular weight is 138 g/mol. The van der Waals surface area contributed by atoms with Crippen molar-refractivity contribution in [2.75, 3.05) is 27.4 Å². The predicted molar refractivity (Wildman–Crippen MR) is 37.2 cm³/mol. The van der Waals surface area contributed by atoms with Crippen LogP contribution in [-0.2, 0) is 9.47 Å². The van der Waals surface area contributed by atoms with Crippen LogP contribution in [-0.4, -0.2) is 27.4 Å². The van der Waals surface area contributed by atoms with E-state index >= 15 is 0 Å². The molecule has 0 aromatic heterocycles. The Morgan fingerprint density at radius 2 is 1.50 bits per heavy atom. The van der Waals surface area contributed by atoms with E-state index in [1.54, 1.807) is 14.2 Å². The van der Waals surface area contributed by atoms with Gasteiger partial charge in [0.05, 0.1) is 0 Å². The number of hydrogen-bond acceptors (Lipinski definition) is 2. The Morgan fingerprint density at radius 1 is 1.20 bits per heavy atom. The first-order valence-corrected chi connectivity index (χ1v) is 2.95. The zero-order chi connectivity index (χ0) is 7.33. The van der Waals surface area contributed by atoms with Gasteiger partial charge in [-0.05, 0) is 0 Å². The molecule has 56 valence electrons. The summed E-state index contributed by atoms with van der Waals surface area (Å²) in [5, 5.41) is 0. The van der Waals surface area contributed by atoms with E-state index < -0.39 is 0 Å². The monoisotopic (exact) mass is 138 g/mol. The fourth-order valence-corrected chi connectivity index (χ4v) is 0.739. The summed E-state index contributed by atoms with van der Waals surface area (Å²) in [5.41, 5.74) is -0.0938. The summed E-state index contributed by atoms with van der Waals surface area (Å²) < 4.78 is 9.83. The summed E-state index contributed by atoms with van der Waals surface area (Å²) in [5.74, 6) is 0. The molecule has 0 fully saturated rings. The Kier molecular flexibility index (Phi) is 8.20. The van der Waals surface area contributed by atoms with E-state index in [1.807, 2.05) is 6.92 Å². The topological polar surface area (TPSA) is 18.5 Å². The Hall–Kier alpha value is 0.517.